The second kappa shape index (κ2) is 8.70. The Labute approximate surface area is 131 Å². The van der Waals surface area contributed by atoms with E-state index >= 15 is 0 Å². The minimum Gasteiger partial charge on any atom is -0.476 e. The first-order valence-electron chi connectivity index (χ1n) is 7.67. The lowest BCUT2D eigenvalue weighted by Gasteiger charge is -2.22. The van der Waals surface area contributed by atoms with Crippen LogP contribution in [-0.2, 0) is 9.47 Å². The van der Waals surface area contributed by atoms with Crippen LogP contribution in [0.25, 0.3) is 0 Å². The third kappa shape index (κ3) is 5.61. The number of rotatable bonds is 7. The lowest BCUT2D eigenvalue weighted by molar-refractivity contribution is -0.0300. The summed E-state index contributed by atoms with van der Waals surface area (Å²) >= 11 is 0. The minimum atomic E-state index is -0.367. The molecule has 1 atom stereocenters. The van der Waals surface area contributed by atoms with E-state index in [0.29, 0.717) is 24.7 Å². The van der Waals surface area contributed by atoms with Crippen LogP contribution in [0.2, 0.25) is 0 Å². The van der Waals surface area contributed by atoms with E-state index in [1.807, 2.05) is 19.0 Å². The fourth-order valence-corrected chi connectivity index (χ4v) is 2.14. The first kappa shape index (κ1) is 16.7. The summed E-state index contributed by atoms with van der Waals surface area (Å²) in [5, 5.41) is 0. The van der Waals surface area contributed by atoms with Gasteiger partial charge in [-0.15, -0.1) is 0 Å². The van der Waals surface area contributed by atoms with Crippen LogP contribution in [0.3, 0.4) is 0 Å². The molecule has 0 bridgehead atoms. The second-order valence-corrected chi connectivity index (χ2v) is 5.62. The molecule has 0 saturated carbocycles. The lowest BCUT2D eigenvalue weighted by Crippen LogP contribution is -2.26. The topological polar surface area (TPSA) is 60.9 Å². The average molecular weight is 308 g/mol. The van der Waals surface area contributed by atoms with Crippen molar-refractivity contribution in [1.82, 2.24) is 9.88 Å². The standard InChI is InChI=1S/C16H24N2O4/c1-18(2)8-10-21-15-11-13(6-7-17-15)16(19)22-12-14-5-3-4-9-20-14/h6-7,11,14H,3-5,8-10,12H2,1-2H3. The molecule has 1 fully saturated rings. The molecule has 6 heteroatoms. The highest BCUT2D eigenvalue weighted by Gasteiger charge is 2.17. The molecule has 0 spiro atoms. The summed E-state index contributed by atoms with van der Waals surface area (Å²) in [4.78, 5) is 18.2. The highest BCUT2D eigenvalue weighted by Crippen LogP contribution is 2.15. The number of hydrogen-bond acceptors (Lipinski definition) is 6. The number of esters is 1. The monoisotopic (exact) mass is 308 g/mol. The van der Waals surface area contributed by atoms with Crippen LogP contribution in [0.15, 0.2) is 18.3 Å². The van der Waals surface area contributed by atoms with Crippen molar-refractivity contribution < 1.29 is 19.0 Å². The van der Waals surface area contributed by atoms with Crippen LogP contribution in [0.5, 0.6) is 5.88 Å². The Hall–Kier alpha value is -1.66. The molecular weight excluding hydrogens is 284 g/mol. The molecule has 2 rings (SSSR count). The Morgan fingerprint density at radius 1 is 1.45 bits per heavy atom. The molecule has 0 aromatic carbocycles. The number of likely N-dealkylation sites (N-methyl/N-ethyl adjacent to an activating group) is 1. The fraction of sp³-hybridized carbons (Fsp3) is 0.625. The average Bonchev–Trinajstić information content (AvgIpc) is 2.53. The third-order valence-corrected chi connectivity index (χ3v) is 3.43. The van der Waals surface area contributed by atoms with Crippen LogP contribution in [0, 0.1) is 0 Å². The molecule has 0 N–H and O–H groups in total. The largest absolute Gasteiger partial charge is 0.476 e. The second-order valence-electron chi connectivity index (χ2n) is 5.62. The Balaban J connectivity index is 1.81. The normalized spacial score (nSPS) is 18.2. The predicted octanol–water partition coefficient (Wildman–Crippen LogP) is 1.75. The van der Waals surface area contributed by atoms with Crippen molar-refractivity contribution in [3.05, 3.63) is 23.9 Å². The number of pyridine rings is 1. The van der Waals surface area contributed by atoms with E-state index in [1.54, 1.807) is 18.3 Å². The number of aromatic nitrogens is 1. The van der Waals surface area contributed by atoms with Gasteiger partial charge in [0.1, 0.15) is 13.2 Å². The first-order valence-corrected chi connectivity index (χ1v) is 7.67. The van der Waals surface area contributed by atoms with E-state index in [9.17, 15) is 4.79 Å². The Bertz CT molecular complexity index is 473. The summed E-state index contributed by atoms with van der Waals surface area (Å²) < 4.78 is 16.4. The van der Waals surface area contributed by atoms with Crippen LogP contribution in [0.4, 0.5) is 0 Å². The van der Waals surface area contributed by atoms with Gasteiger partial charge in [0.05, 0.1) is 11.7 Å². The molecule has 1 aromatic rings. The fourth-order valence-electron chi connectivity index (χ4n) is 2.14. The number of carbonyl (C=O) groups excluding carboxylic acids is 1. The van der Waals surface area contributed by atoms with Gasteiger partial charge >= 0.3 is 5.97 Å². The van der Waals surface area contributed by atoms with Crippen LogP contribution < -0.4 is 4.74 Å². The van der Waals surface area contributed by atoms with Gasteiger partial charge in [-0.1, -0.05) is 0 Å². The number of hydrogen-bond donors (Lipinski definition) is 0. The van der Waals surface area contributed by atoms with Crippen molar-refractivity contribution in [3.63, 3.8) is 0 Å². The zero-order valence-corrected chi connectivity index (χ0v) is 13.3. The highest BCUT2D eigenvalue weighted by atomic mass is 16.6. The summed E-state index contributed by atoms with van der Waals surface area (Å²) in [5.74, 6) is 0.0687. The van der Waals surface area contributed by atoms with E-state index in [0.717, 1.165) is 32.4 Å². The zero-order valence-electron chi connectivity index (χ0n) is 13.3. The van der Waals surface area contributed by atoms with E-state index in [2.05, 4.69) is 4.98 Å². The Kier molecular flexibility index (Phi) is 6.61. The maximum absolute atomic E-state index is 12.1. The summed E-state index contributed by atoms with van der Waals surface area (Å²) in [6.07, 6.45) is 4.74. The van der Waals surface area contributed by atoms with Crippen LogP contribution >= 0.6 is 0 Å². The maximum Gasteiger partial charge on any atom is 0.338 e. The number of ether oxygens (including phenoxy) is 3. The van der Waals surface area contributed by atoms with Crippen molar-refractivity contribution in [1.29, 1.82) is 0 Å². The molecule has 1 unspecified atom stereocenters. The molecule has 0 aliphatic carbocycles. The van der Waals surface area contributed by atoms with Gasteiger partial charge in [0.25, 0.3) is 0 Å². The molecule has 22 heavy (non-hydrogen) atoms. The smallest absolute Gasteiger partial charge is 0.338 e. The van der Waals surface area contributed by atoms with Crippen molar-refractivity contribution >= 4 is 5.97 Å². The number of nitrogens with zero attached hydrogens (tertiary/aromatic N) is 2. The molecule has 0 radical (unpaired) electrons. The van der Waals surface area contributed by atoms with E-state index in [4.69, 9.17) is 14.2 Å². The lowest BCUT2D eigenvalue weighted by atomic mass is 10.1. The molecule has 122 valence electrons. The van der Waals surface area contributed by atoms with Gasteiger partial charge in [-0.2, -0.15) is 0 Å². The summed E-state index contributed by atoms with van der Waals surface area (Å²) in [7, 11) is 3.94. The first-order chi connectivity index (χ1) is 10.6. The summed E-state index contributed by atoms with van der Waals surface area (Å²) in [5.41, 5.74) is 0.450. The quantitative estimate of drug-likeness (QED) is 0.715. The molecule has 1 aromatic heterocycles. The Morgan fingerprint density at radius 3 is 3.05 bits per heavy atom. The molecule has 6 nitrogen and oxygen atoms in total. The van der Waals surface area contributed by atoms with Gasteiger partial charge in [-0.3, -0.25) is 0 Å². The SMILES string of the molecule is CN(C)CCOc1cc(C(=O)OCC2CCCCO2)ccn1. The van der Waals surface area contributed by atoms with Crippen molar-refractivity contribution in [2.45, 2.75) is 25.4 Å². The van der Waals surface area contributed by atoms with Crippen molar-refractivity contribution in [2.24, 2.45) is 0 Å². The summed E-state index contributed by atoms with van der Waals surface area (Å²) in [6.45, 7) is 2.36. The summed E-state index contributed by atoms with van der Waals surface area (Å²) in [6, 6.07) is 3.24. The number of carbonyl (C=O) groups is 1. The Morgan fingerprint density at radius 2 is 2.32 bits per heavy atom. The third-order valence-electron chi connectivity index (χ3n) is 3.43. The van der Waals surface area contributed by atoms with E-state index < -0.39 is 0 Å². The van der Waals surface area contributed by atoms with Gasteiger partial charge in [-0.05, 0) is 39.4 Å². The highest BCUT2D eigenvalue weighted by molar-refractivity contribution is 5.89. The molecule has 1 aliphatic rings. The van der Waals surface area contributed by atoms with Crippen LogP contribution in [-0.4, -0.2) is 62.4 Å². The molecular formula is C16H24N2O4. The predicted molar refractivity (Wildman–Crippen MR) is 82.2 cm³/mol. The van der Waals surface area contributed by atoms with Gasteiger partial charge in [0, 0.05) is 25.4 Å². The van der Waals surface area contributed by atoms with Gasteiger partial charge < -0.3 is 19.1 Å². The molecule has 0 amide bonds. The van der Waals surface area contributed by atoms with Crippen LogP contribution in [0.1, 0.15) is 29.6 Å². The minimum absolute atomic E-state index is 0.0235. The van der Waals surface area contributed by atoms with Gasteiger partial charge in [0.15, 0.2) is 0 Å². The van der Waals surface area contributed by atoms with E-state index in [1.165, 1.54) is 0 Å². The molecule has 2 heterocycles. The molecule has 1 aliphatic heterocycles. The van der Waals surface area contributed by atoms with Crippen molar-refractivity contribution in [3.8, 4) is 5.88 Å². The molecule has 1 saturated heterocycles. The van der Waals surface area contributed by atoms with Crippen molar-refractivity contribution in [2.75, 3.05) is 40.5 Å². The van der Waals surface area contributed by atoms with Gasteiger partial charge in [-0.25, -0.2) is 9.78 Å². The zero-order chi connectivity index (χ0) is 15.8. The van der Waals surface area contributed by atoms with Gasteiger partial charge in [0.2, 0.25) is 5.88 Å². The maximum atomic E-state index is 12.1. The van der Waals surface area contributed by atoms with E-state index in [-0.39, 0.29) is 12.1 Å².